The molecule has 2 aliphatic carbocycles. The van der Waals surface area contributed by atoms with Crippen LogP contribution in [0.15, 0.2) is 18.2 Å². The molecule has 2 fully saturated rings. The Bertz CT molecular complexity index is 502. The van der Waals surface area contributed by atoms with Crippen molar-refractivity contribution in [2.75, 3.05) is 0 Å². The molecule has 4 unspecified atom stereocenters. The molecule has 1 N–H and O–H groups in total. The van der Waals surface area contributed by atoms with E-state index in [2.05, 4.69) is 18.3 Å². The van der Waals surface area contributed by atoms with Crippen molar-refractivity contribution in [3.05, 3.63) is 34.9 Å². The van der Waals surface area contributed by atoms with Gasteiger partial charge in [0.1, 0.15) is 0 Å². The van der Waals surface area contributed by atoms with Crippen molar-refractivity contribution in [1.82, 2.24) is 5.32 Å². The van der Waals surface area contributed by atoms with Crippen molar-refractivity contribution in [2.45, 2.75) is 52.5 Å². The summed E-state index contributed by atoms with van der Waals surface area (Å²) in [5.41, 5.74) is 3.11. The third-order valence-corrected chi connectivity index (χ3v) is 5.28. The average molecular weight is 271 g/mol. The van der Waals surface area contributed by atoms with Crippen LogP contribution < -0.4 is 5.32 Å². The van der Waals surface area contributed by atoms with E-state index in [1.165, 1.54) is 25.7 Å². The van der Waals surface area contributed by atoms with Gasteiger partial charge < -0.3 is 5.32 Å². The summed E-state index contributed by atoms with van der Waals surface area (Å²) >= 11 is 0. The lowest BCUT2D eigenvalue weighted by molar-refractivity contribution is 0.0915. The summed E-state index contributed by atoms with van der Waals surface area (Å²) in [6, 6.07) is 6.38. The van der Waals surface area contributed by atoms with Crippen LogP contribution in [0.4, 0.5) is 0 Å². The first-order chi connectivity index (χ1) is 9.52. The number of rotatable bonds is 3. The molecule has 0 aromatic heterocycles. The van der Waals surface area contributed by atoms with Crippen molar-refractivity contribution < 1.29 is 4.79 Å². The van der Waals surface area contributed by atoms with Crippen LogP contribution in [0.1, 0.15) is 54.1 Å². The lowest BCUT2D eigenvalue weighted by Crippen LogP contribution is -2.40. The van der Waals surface area contributed by atoms with Crippen LogP contribution in [0.5, 0.6) is 0 Å². The molecule has 0 saturated heterocycles. The molecule has 1 aromatic carbocycles. The van der Waals surface area contributed by atoms with Crippen LogP contribution in [0.25, 0.3) is 0 Å². The van der Waals surface area contributed by atoms with Crippen LogP contribution >= 0.6 is 0 Å². The highest BCUT2D eigenvalue weighted by Gasteiger charge is 2.42. The van der Waals surface area contributed by atoms with Crippen molar-refractivity contribution >= 4 is 5.91 Å². The number of fused-ring (bicyclic) bond motifs is 2. The van der Waals surface area contributed by atoms with Crippen LogP contribution in [-0.2, 0) is 0 Å². The van der Waals surface area contributed by atoms with E-state index in [1.54, 1.807) is 0 Å². The summed E-state index contributed by atoms with van der Waals surface area (Å²) in [5.74, 6) is 2.58. The summed E-state index contributed by atoms with van der Waals surface area (Å²) in [6.07, 6.45) is 5.51. The molecule has 2 saturated carbocycles. The summed E-state index contributed by atoms with van der Waals surface area (Å²) in [4.78, 5) is 12.4. The van der Waals surface area contributed by atoms with Gasteiger partial charge in [0.25, 0.3) is 5.91 Å². The molecular formula is C18H25NO. The van der Waals surface area contributed by atoms with E-state index in [-0.39, 0.29) is 5.91 Å². The monoisotopic (exact) mass is 271 g/mol. The molecule has 0 aliphatic heterocycles. The highest BCUT2D eigenvalue weighted by Crippen LogP contribution is 2.49. The third-order valence-electron chi connectivity index (χ3n) is 5.28. The Morgan fingerprint density at radius 1 is 1.15 bits per heavy atom. The molecule has 20 heavy (non-hydrogen) atoms. The Morgan fingerprint density at radius 3 is 2.40 bits per heavy atom. The Morgan fingerprint density at radius 2 is 1.85 bits per heavy atom. The minimum atomic E-state index is 0.0899. The lowest BCUT2D eigenvalue weighted by Gasteiger charge is -2.28. The second kappa shape index (κ2) is 5.23. The molecule has 4 atom stereocenters. The zero-order valence-electron chi connectivity index (χ0n) is 12.8. The molecule has 108 valence electrons. The van der Waals surface area contributed by atoms with Gasteiger partial charge in [-0.15, -0.1) is 0 Å². The quantitative estimate of drug-likeness (QED) is 0.888. The van der Waals surface area contributed by atoms with Crippen molar-refractivity contribution in [3.8, 4) is 0 Å². The van der Waals surface area contributed by atoms with E-state index < -0.39 is 0 Å². The maximum absolute atomic E-state index is 12.4. The second-order valence-electron chi connectivity index (χ2n) is 6.98. The molecule has 2 bridgehead atoms. The summed E-state index contributed by atoms with van der Waals surface area (Å²) in [6.45, 7) is 6.28. The third kappa shape index (κ3) is 2.61. The zero-order chi connectivity index (χ0) is 14.3. The minimum Gasteiger partial charge on any atom is -0.349 e. The maximum Gasteiger partial charge on any atom is 0.251 e. The van der Waals surface area contributed by atoms with E-state index in [0.29, 0.717) is 12.0 Å². The van der Waals surface area contributed by atoms with E-state index in [0.717, 1.165) is 28.5 Å². The van der Waals surface area contributed by atoms with E-state index in [1.807, 2.05) is 26.0 Å². The van der Waals surface area contributed by atoms with Crippen molar-refractivity contribution in [3.63, 3.8) is 0 Å². The van der Waals surface area contributed by atoms with Gasteiger partial charge in [-0.1, -0.05) is 23.6 Å². The molecule has 3 rings (SSSR count). The molecular weight excluding hydrogens is 246 g/mol. The first-order valence-corrected chi connectivity index (χ1v) is 7.92. The lowest BCUT2D eigenvalue weighted by atomic mass is 9.84. The fourth-order valence-corrected chi connectivity index (χ4v) is 4.41. The highest BCUT2D eigenvalue weighted by molar-refractivity contribution is 5.94. The van der Waals surface area contributed by atoms with Crippen LogP contribution in [-0.4, -0.2) is 11.9 Å². The summed E-state index contributed by atoms with van der Waals surface area (Å²) in [7, 11) is 0. The fraction of sp³-hybridized carbons (Fsp3) is 0.611. The number of carbonyl (C=O) groups is 1. The van der Waals surface area contributed by atoms with E-state index in [9.17, 15) is 4.79 Å². The molecule has 2 nitrogen and oxygen atoms in total. The number of aryl methyl sites for hydroxylation is 2. The highest BCUT2D eigenvalue weighted by atomic mass is 16.1. The topological polar surface area (TPSA) is 29.1 Å². The number of carbonyl (C=O) groups excluding carboxylic acids is 1. The van der Waals surface area contributed by atoms with Gasteiger partial charge in [0.15, 0.2) is 0 Å². The molecule has 0 spiro atoms. The van der Waals surface area contributed by atoms with Gasteiger partial charge in [-0.05, 0) is 69.9 Å². The number of hydrogen-bond donors (Lipinski definition) is 1. The Balaban J connectivity index is 1.66. The zero-order valence-corrected chi connectivity index (χ0v) is 12.8. The van der Waals surface area contributed by atoms with Crippen LogP contribution in [0, 0.1) is 31.6 Å². The van der Waals surface area contributed by atoms with Crippen LogP contribution in [0.3, 0.4) is 0 Å². The number of hydrogen-bond acceptors (Lipinski definition) is 1. The first kappa shape index (κ1) is 13.7. The van der Waals surface area contributed by atoms with Crippen molar-refractivity contribution in [2.24, 2.45) is 17.8 Å². The van der Waals surface area contributed by atoms with Gasteiger partial charge in [-0.3, -0.25) is 4.79 Å². The van der Waals surface area contributed by atoms with Crippen LogP contribution in [0.2, 0.25) is 0 Å². The van der Waals surface area contributed by atoms with Gasteiger partial charge in [0.2, 0.25) is 0 Å². The summed E-state index contributed by atoms with van der Waals surface area (Å²) in [5, 5.41) is 3.24. The Hall–Kier alpha value is -1.31. The summed E-state index contributed by atoms with van der Waals surface area (Å²) < 4.78 is 0. The second-order valence-corrected chi connectivity index (χ2v) is 6.98. The van der Waals surface area contributed by atoms with Gasteiger partial charge in [-0.2, -0.15) is 0 Å². The predicted molar refractivity (Wildman–Crippen MR) is 81.8 cm³/mol. The average Bonchev–Trinajstić information content (AvgIpc) is 2.99. The normalized spacial score (nSPS) is 29.4. The van der Waals surface area contributed by atoms with Crippen molar-refractivity contribution in [1.29, 1.82) is 0 Å². The predicted octanol–water partition coefficient (Wildman–Crippen LogP) is 3.86. The van der Waals surface area contributed by atoms with Gasteiger partial charge in [-0.25, -0.2) is 0 Å². The van der Waals surface area contributed by atoms with Gasteiger partial charge >= 0.3 is 0 Å². The SMILES string of the molecule is Cc1cc(C)cc(C(=O)NC(C)C2CC3CCC2C3)c1. The molecule has 2 aliphatic rings. The van der Waals surface area contributed by atoms with Gasteiger partial charge in [0, 0.05) is 11.6 Å². The number of benzene rings is 1. The maximum atomic E-state index is 12.4. The molecule has 1 amide bonds. The number of nitrogens with one attached hydrogen (secondary N) is 1. The Kier molecular flexibility index (Phi) is 3.57. The molecule has 1 aromatic rings. The largest absolute Gasteiger partial charge is 0.349 e. The van der Waals surface area contributed by atoms with E-state index in [4.69, 9.17) is 0 Å². The molecule has 2 heteroatoms. The first-order valence-electron chi connectivity index (χ1n) is 7.92. The fourth-order valence-electron chi connectivity index (χ4n) is 4.41. The number of amides is 1. The Labute approximate surface area is 122 Å². The standard InChI is InChI=1S/C18H25NO/c1-11-6-12(2)8-16(7-11)18(20)19-13(3)17-10-14-4-5-15(17)9-14/h6-8,13-15,17H,4-5,9-10H2,1-3H3,(H,19,20). The van der Waals surface area contributed by atoms with E-state index >= 15 is 0 Å². The smallest absolute Gasteiger partial charge is 0.251 e. The minimum absolute atomic E-state index is 0.0899. The van der Waals surface area contributed by atoms with Gasteiger partial charge in [0.05, 0.1) is 0 Å². The molecule has 0 heterocycles. The molecule has 0 radical (unpaired) electrons.